The summed E-state index contributed by atoms with van der Waals surface area (Å²) in [6, 6.07) is 8.75. The zero-order valence-corrected chi connectivity index (χ0v) is 13.0. The summed E-state index contributed by atoms with van der Waals surface area (Å²) in [4.78, 5) is 5.15. The molecule has 0 saturated carbocycles. The minimum Gasteiger partial charge on any atom is -0.508 e. The Morgan fingerprint density at radius 1 is 1.29 bits per heavy atom. The van der Waals surface area contributed by atoms with Crippen molar-refractivity contribution in [2.75, 3.05) is 39.3 Å². The summed E-state index contributed by atoms with van der Waals surface area (Å²) in [6.45, 7) is 8.98. The molecule has 0 aliphatic carbocycles. The minimum absolute atomic E-state index is 0.377. The lowest BCUT2D eigenvalue weighted by molar-refractivity contribution is 0.117. The first kappa shape index (κ1) is 14.8. The van der Waals surface area contributed by atoms with Crippen LogP contribution in [-0.2, 0) is 0 Å². The van der Waals surface area contributed by atoms with E-state index in [4.69, 9.17) is 0 Å². The Bertz CT molecular complexity index is 459. The molecule has 0 bridgehead atoms. The number of hydrogen-bond donors (Lipinski definition) is 2. The van der Waals surface area contributed by atoms with Gasteiger partial charge in [0.1, 0.15) is 5.75 Å². The van der Waals surface area contributed by atoms with Crippen LogP contribution in [0.15, 0.2) is 24.3 Å². The Kier molecular flexibility index (Phi) is 4.78. The maximum Gasteiger partial charge on any atom is 0.115 e. The zero-order chi connectivity index (χ0) is 14.7. The van der Waals surface area contributed by atoms with Crippen molar-refractivity contribution >= 4 is 0 Å². The number of piperazine rings is 1. The standard InChI is InChI=1S/C17H27N3O/c1-14-12-20(10-7-18-14)17(13-19-8-2-3-9-19)15-5-4-6-16(21)11-15/h4-6,11,14,17-18,21H,2-3,7-10,12-13H2,1H3. The van der Waals surface area contributed by atoms with Gasteiger partial charge in [0.15, 0.2) is 0 Å². The summed E-state index contributed by atoms with van der Waals surface area (Å²) < 4.78 is 0. The maximum atomic E-state index is 9.83. The van der Waals surface area contributed by atoms with Crippen molar-refractivity contribution in [1.29, 1.82) is 0 Å². The van der Waals surface area contributed by atoms with Gasteiger partial charge in [0, 0.05) is 38.3 Å². The maximum absolute atomic E-state index is 9.83. The lowest BCUT2D eigenvalue weighted by Gasteiger charge is -2.39. The average molecular weight is 289 g/mol. The number of nitrogens with zero attached hydrogens (tertiary/aromatic N) is 2. The highest BCUT2D eigenvalue weighted by Gasteiger charge is 2.27. The Morgan fingerprint density at radius 3 is 2.81 bits per heavy atom. The van der Waals surface area contributed by atoms with Crippen molar-refractivity contribution in [3.63, 3.8) is 0 Å². The lowest BCUT2D eigenvalue weighted by Crippen LogP contribution is -2.52. The Hall–Kier alpha value is -1.10. The van der Waals surface area contributed by atoms with Gasteiger partial charge in [-0.2, -0.15) is 0 Å². The molecule has 1 aromatic carbocycles. The molecule has 2 saturated heterocycles. The average Bonchev–Trinajstić information content (AvgIpc) is 2.98. The fourth-order valence-electron chi connectivity index (χ4n) is 3.62. The van der Waals surface area contributed by atoms with Crippen LogP contribution in [0.3, 0.4) is 0 Å². The first-order valence-electron chi connectivity index (χ1n) is 8.21. The summed E-state index contributed by atoms with van der Waals surface area (Å²) in [7, 11) is 0. The van der Waals surface area contributed by atoms with E-state index in [0.717, 1.165) is 26.2 Å². The van der Waals surface area contributed by atoms with Gasteiger partial charge < -0.3 is 15.3 Å². The van der Waals surface area contributed by atoms with Gasteiger partial charge in [-0.05, 0) is 50.6 Å². The molecule has 2 fully saturated rings. The van der Waals surface area contributed by atoms with Gasteiger partial charge in [-0.1, -0.05) is 12.1 Å². The largest absolute Gasteiger partial charge is 0.508 e. The number of phenolic OH excluding ortho intramolecular Hbond substituents is 1. The molecule has 116 valence electrons. The summed E-state index contributed by atoms with van der Waals surface area (Å²) in [5.74, 6) is 0.377. The zero-order valence-electron chi connectivity index (χ0n) is 13.0. The second kappa shape index (κ2) is 6.77. The fourth-order valence-corrected chi connectivity index (χ4v) is 3.62. The third-order valence-corrected chi connectivity index (χ3v) is 4.73. The van der Waals surface area contributed by atoms with Crippen LogP contribution in [0.25, 0.3) is 0 Å². The second-order valence-electron chi connectivity index (χ2n) is 6.47. The van der Waals surface area contributed by atoms with Crippen LogP contribution in [0, 0.1) is 0 Å². The van der Waals surface area contributed by atoms with Crippen LogP contribution in [0.1, 0.15) is 31.4 Å². The number of rotatable bonds is 4. The number of aromatic hydroxyl groups is 1. The molecule has 2 atom stereocenters. The smallest absolute Gasteiger partial charge is 0.115 e. The van der Waals surface area contributed by atoms with Crippen molar-refractivity contribution in [3.05, 3.63) is 29.8 Å². The van der Waals surface area contributed by atoms with E-state index in [-0.39, 0.29) is 0 Å². The topological polar surface area (TPSA) is 38.7 Å². The van der Waals surface area contributed by atoms with Crippen molar-refractivity contribution < 1.29 is 5.11 Å². The summed E-state index contributed by atoms with van der Waals surface area (Å²) >= 11 is 0. The van der Waals surface area contributed by atoms with E-state index >= 15 is 0 Å². The second-order valence-corrected chi connectivity index (χ2v) is 6.47. The monoisotopic (exact) mass is 289 g/mol. The summed E-state index contributed by atoms with van der Waals surface area (Å²) in [6.07, 6.45) is 2.65. The number of hydrogen-bond acceptors (Lipinski definition) is 4. The lowest BCUT2D eigenvalue weighted by atomic mass is 10.0. The van der Waals surface area contributed by atoms with Gasteiger partial charge in [-0.25, -0.2) is 0 Å². The van der Waals surface area contributed by atoms with E-state index in [1.807, 2.05) is 12.1 Å². The molecule has 21 heavy (non-hydrogen) atoms. The SMILES string of the molecule is CC1CN(C(CN2CCCC2)c2cccc(O)c2)CCN1. The van der Waals surface area contributed by atoms with Crippen molar-refractivity contribution in [2.45, 2.75) is 31.8 Å². The van der Waals surface area contributed by atoms with Gasteiger partial charge in [-0.15, -0.1) is 0 Å². The number of likely N-dealkylation sites (tertiary alicyclic amines) is 1. The first-order chi connectivity index (χ1) is 10.2. The van der Waals surface area contributed by atoms with Gasteiger partial charge in [0.05, 0.1) is 0 Å². The number of nitrogens with one attached hydrogen (secondary N) is 1. The van der Waals surface area contributed by atoms with Crippen LogP contribution in [0.5, 0.6) is 5.75 Å². The van der Waals surface area contributed by atoms with Crippen molar-refractivity contribution in [2.24, 2.45) is 0 Å². The molecule has 2 heterocycles. The van der Waals surface area contributed by atoms with Crippen molar-refractivity contribution in [3.8, 4) is 5.75 Å². The number of phenols is 1. The van der Waals surface area contributed by atoms with Crippen LogP contribution < -0.4 is 5.32 Å². The van der Waals surface area contributed by atoms with Crippen LogP contribution in [0.4, 0.5) is 0 Å². The molecule has 0 spiro atoms. The van der Waals surface area contributed by atoms with Gasteiger partial charge in [0.25, 0.3) is 0 Å². The van der Waals surface area contributed by atoms with Crippen molar-refractivity contribution in [1.82, 2.24) is 15.1 Å². The highest BCUT2D eigenvalue weighted by molar-refractivity contribution is 5.30. The molecule has 0 radical (unpaired) electrons. The fraction of sp³-hybridized carbons (Fsp3) is 0.647. The Balaban J connectivity index is 1.79. The molecule has 3 rings (SSSR count). The molecule has 2 unspecified atom stereocenters. The quantitative estimate of drug-likeness (QED) is 0.887. The molecular weight excluding hydrogens is 262 g/mol. The first-order valence-corrected chi connectivity index (χ1v) is 8.21. The third-order valence-electron chi connectivity index (χ3n) is 4.73. The van der Waals surface area contributed by atoms with E-state index in [0.29, 0.717) is 17.8 Å². The highest BCUT2D eigenvalue weighted by atomic mass is 16.3. The predicted octanol–water partition coefficient (Wildman–Crippen LogP) is 1.82. The predicted molar refractivity (Wildman–Crippen MR) is 85.6 cm³/mol. The normalized spacial score (nSPS) is 26.0. The summed E-state index contributed by atoms with van der Waals surface area (Å²) in [5, 5.41) is 13.3. The van der Waals surface area contributed by atoms with E-state index in [1.54, 1.807) is 6.07 Å². The van der Waals surface area contributed by atoms with E-state index in [9.17, 15) is 5.11 Å². The Labute approximate surface area is 127 Å². The molecule has 4 heteroatoms. The minimum atomic E-state index is 0.377. The van der Waals surface area contributed by atoms with E-state index in [2.05, 4.69) is 28.1 Å². The molecular formula is C17H27N3O. The third kappa shape index (κ3) is 3.76. The van der Waals surface area contributed by atoms with E-state index < -0.39 is 0 Å². The van der Waals surface area contributed by atoms with E-state index in [1.165, 1.54) is 31.5 Å². The van der Waals surface area contributed by atoms with Gasteiger partial charge in [0.2, 0.25) is 0 Å². The van der Waals surface area contributed by atoms with Crippen LogP contribution >= 0.6 is 0 Å². The molecule has 1 aromatic rings. The molecule has 4 nitrogen and oxygen atoms in total. The van der Waals surface area contributed by atoms with Gasteiger partial charge in [-0.3, -0.25) is 4.90 Å². The molecule has 2 N–H and O–H groups in total. The molecule has 0 amide bonds. The van der Waals surface area contributed by atoms with Gasteiger partial charge >= 0.3 is 0 Å². The molecule has 0 aromatic heterocycles. The van der Waals surface area contributed by atoms with Crippen LogP contribution in [-0.4, -0.2) is 60.2 Å². The molecule has 2 aliphatic heterocycles. The highest BCUT2D eigenvalue weighted by Crippen LogP contribution is 2.27. The van der Waals surface area contributed by atoms with Crippen LogP contribution in [0.2, 0.25) is 0 Å². The number of benzene rings is 1. The summed E-state index contributed by atoms with van der Waals surface area (Å²) in [5.41, 5.74) is 1.25. The Morgan fingerprint density at radius 2 is 2.10 bits per heavy atom. The molecule has 2 aliphatic rings.